The van der Waals surface area contributed by atoms with Gasteiger partial charge in [0.25, 0.3) is 5.91 Å². The fourth-order valence-electron chi connectivity index (χ4n) is 3.57. The number of fused-ring (bicyclic) bond motifs is 1. The lowest BCUT2D eigenvalue weighted by Gasteiger charge is -2.32. The Hall–Kier alpha value is -2.27. The van der Waals surface area contributed by atoms with Gasteiger partial charge in [-0.3, -0.25) is 9.78 Å². The van der Waals surface area contributed by atoms with E-state index in [9.17, 15) is 9.90 Å². The van der Waals surface area contributed by atoms with Crippen molar-refractivity contribution >= 4 is 5.91 Å². The number of benzene rings is 1. The summed E-state index contributed by atoms with van der Waals surface area (Å²) in [6.07, 6.45) is 1.70. The van der Waals surface area contributed by atoms with Crippen LogP contribution in [0.15, 0.2) is 48.7 Å². The smallest absolute Gasteiger partial charge is 0.262 e. The average molecular weight is 326 g/mol. The van der Waals surface area contributed by atoms with E-state index in [1.165, 1.54) is 6.20 Å². The van der Waals surface area contributed by atoms with Gasteiger partial charge in [-0.15, -0.1) is 0 Å². The van der Waals surface area contributed by atoms with Gasteiger partial charge in [0.05, 0.1) is 11.8 Å². The number of nitrogens with one attached hydrogen (secondary N) is 1. The summed E-state index contributed by atoms with van der Waals surface area (Å²) >= 11 is 0. The van der Waals surface area contributed by atoms with E-state index in [-0.39, 0.29) is 36.1 Å². The molecule has 2 aromatic rings. The second kappa shape index (κ2) is 5.67. The molecule has 0 bridgehead atoms. The number of pyridine rings is 1. The number of aliphatic hydroxyl groups excluding tert-OH is 1. The molecule has 1 heterocycles. The number of halogens is 1. The molecule has 5 heteroatoms. The van der Waals surface area contributed by atoms with Crippen molar-refractivity contribution in [1.29, 1.82) is 0 Å². The molecule has 1 aromatic heterocycles. The van der Waals surface area contributed by atoms with Gasteiger partial charge >= 0.3 is 0 Å². The van der Waals surface area contributed by atoms with E-state index in [4.69, 9.17) is 0 Å². The number of carbonyl (C=O) groups is 1. The van der Waals surface area contributed by atoms with Gasteiger partial charge < -0.3 is 10.4 Å². The first-order valence-electron chi connectivity index (χ1n) is 8.28. The molecule has 1 amide bonds. The number of hydrogen-bond donors (Lipinski definition) is 2. The summed E-state index contributed by atoms with van der Waals surface area (Å²) in [5.41, 5.74) is -0.487. The lowest BCUT2D eigenvalue weighted by molar-refractivity contribution is -0.135. The quantitative estimate of drug-likeness (QED) is 0.912. The molecule has 0 radical (unpaired) electrons. The van der Waals surface area contributed by atoms with E-state index in [2.05, 4.69) is 10.3 Å². The summed E-state index contributed by atoms with van der Waals surface area (Å²) in [6, 6.07) is 13.1. The molecule has 24 heavy (non-hydrogen) atoms. The van der Waals surface area contributed by atoms with Crippen molar-refractivity contribution in [3.05, 3.63) is 65.5 Å². The highest BCUT2D eigenvalue weighted by molar-refractivity contribution is 5.87. The fraction of sp³-hybridized carbons (Fsp3) is 0.368. The predicted molar refractivity (Wildman–Crippen MR) is 86.9 cm³/mol. The van der Waals surface area contributed by atoms with Crippen molar-refractivity contribution in [2.45, 2.75) is 43.0 Å². The summed E-state index contributed by atoms with van der Waals surface area (Å²) in [6.45, 7) is 0. The van der Waals surface area contributed by atoms with E-state index in [1.807, 2.05) is 30.3 Å². The zero-order chi connectivity index (χ0) is 16.7. The standard InChI is InChI=1S/C19H19FN2O2/c20-19(9-8-16(23)17-14(19)7-4-10-21-17)18(24)22-15-11-13(15)12-5-2-1-3-6-12/h1-7,10,13,15-16,23H,8-9,11H2,(H,22,24)/t13-,15+,16+,19+/m1/s1. The summed E-state index contributed by atoms with van der Waals surface area (Å²) < 4.78 is 15.5. The van der Waals surface area contributed by atoms with Crippen molar-refractivity contribution in [2.24, 2.45) is 0 Å². The Bertz CT molecular complexity index is 767. The normalized spacial score (nSPS) is 31.2. The maximum absolute atomic E-state index is 15.5. The first kappa shape index (κ1) is 15.3. The third-order valence-electron chi connectivity index (χ3n) is 5.04. The third kappa shape index (κ3) is 2.49. The molecule has 0 spiro atoms. The molecule has 4 nitrogen and oxygen atoms in total. The molecule has 124 valence electrons. The molecule has 2 N–H and O–H groups in total. The Kier molecular flexibility index (Phi) is 3.61. The number of carbonyl (C=O) groups excluding carboxylic acids is 1. The summed E-state index contributed by atoms with van der Waals surface area (Å²) in [5.74, 6) is -0.367. The van der Waals surface area contributed by atoms with Gasteiger partial charge in [0, 0.05) is 23.7 Å². The third-order valence-corrected chi connectivity index (χ3v) is 5.04. The molecule has 4 atom stereocenters. The SMILES string of the molecule is O=C(N[C@H]1C[C@@H]1c1ccccc1)[C@]1(F)CC[C@H](O)c2ncccc21. The number of hydrogen-bond acceptors (Lipinski definition) is 3. The Morgan fingerprint density at radius 2 is 2.04 bits per heavy atom. The monoisotopic (exact) mass is 326 g/mol. The van der Waals surface area contributed by atoms with Gasteiger partial charge in [-0.1, -0.05) is 36.4 Å². The van der Waals surface area contributed by atoms with E-state index in [0.29, 0.717) is 0 Å². The van der Waals surface area contributed by atoms with Crippen LogP contribution < -0.4 is 5.32 Å². The summed E-state index contributed by atoms with van der Waals surface area (Å²) in [7, 11) is 0. The molecular weight excluding hydrogens is 307 g/mol. The fourth-order valence-corrected chi connectivity index (χ4v) is 3.57. The summed E-state index contributed by atoms with van der Waals surface area (Å²) in [4.78, 5) is 16.7. The van der Waals surface area contributed by atoms with Crippen LogP contribution in [-0.4, -0.2) is 22.0 Å². The van der Waals surface area contributed by atoms with Crippen LogP contribution in [0.3, 0.4) is 0 Å². The summed E-state index contributed by atoms with van der Waals surface area (Å²) in [5, 5.41) is 12.8. The minimum atomic E-state index is -2.12. The van der Waals surface area contributed by atoms with Crippen LogP contribution in [0.2, 0.25) is 0 Å². The van der Waals surface area contributed by atoms with E-state index in [1.54, 1.807) is 12.1 Å². The van der Waals surface area contributed by atoms with Gasteiger partial charge in [0.15, 0.2) is 0 Å². The van der Waals surface area contributed by atoms with Crippen LogP contribution >= 0.6 is 0 Å². The molecule has 1 aromatic carbocycles. The van der Waals surface area contributed by atoms with Crippen molar-refractivity contribution in [3.63, 3.8) is 0 Å². The van der Waals surface area contributed by atoms with Crippen LogP contribution in [-0.2, 0) is 10.5 Å². The van der Waals surface area contributed by atoms with Gasteiger partial charge in [-0.25, -0.2) is 4.39 Å². The number of alkyl halides is 1. The van der Waals surface area contributed by atoms with Gasteiger partial charge in [0.1, 0.15) is 0 Å². The number of amides is 1. The zero-order valence-electron chi connectivity index (χ0n) is 13.2. The minimum Gasteiger partial charge on any atom is -0.387 e. The molecule has 0 aliphatic heterocycles. The van der Waals surface area contributed by atoms with Crippen molar-refractivity contribution in [1.82, 2.24) is 10.3 Å². The number of rotatable bonds is 3. The first-order chi connectivity index (χ1) is 11.6. The molecule has 2 aliphatic carbocycles. The minimum absolute atomic E-state index is 0.0264. The zero-order valence-corrected chi connectivity index (χ0v) is 13.2. The van der Waals surface area contributed by atoms with E-state index >= 15 is 4.39 Å². The van der Waals surface area contributed by atoms with Crippen LogP contribution in [0, 0.1) is 0 Å². The van der Waals surface area contributed by atoms with Gasteiger partial charge in [0.2, 0.25) is 5.67 Å². The Morgan fingerprint density at radius 1 is 1.25 bits per heavy atom. The van der Waals surface area contributed by atoms with Gasteiger partial charge in [-0.05, 0) is 30.9 Å². The largest absolute Gasteiger partial charge is 0.387 e. The lowest BCUT2D eigenvalue weighted by Crippen LogP contribution is -2.45. The molecule has 1 saturated carbocycles. The topological polar surface area (TPSA) is 62.2 Å². The van der Waals surface area contributed by atoms with E-state index < -0.39 is 17.7 Å². The number of nitrogens with zero attached hydrogens (tertiary/aromatic N) is 1. The molecule has 0 saturated heterocycles. The van der Waals surface area contributed by atoms with Crippen LogP contribution in [0.5, 0.6) is 0 Å². The van der Waals surface area contributed by atoms with Crippen molar-refractivity contribution in [2.75, 3.05) is 0 Å². The number of aliphatic hydroxyl groups is 1. The molecule has 2 aliphatic rings. The number of aromatic nitrogens is 1. The second-order valence-corrected chi connectivity index (χ2v) is 6.62. The van der Waals surface area contributed by atoms with Gasteiger partial charge in [-0.2, -0.15) is 0 Å². The Balaban J connectivity index is 1.52. The van der Waals surface area contributed by atoms with Crippen LogP contribution in [0.25, 0.3) is 0 Å². The average Bonchev–Trinajstić information content (AvgIpc) is 3.38. The first-order valence-corrected chi connectivity index (χ1v) is 8.28. The highest BCUT2D eigenvalue weighted by Gasteiger charge is 2.49. The highest BCUT2D eigenvalue weighted by atomic mass is 19.1. The maximum atomic E-state index is 15.5. The molecule has 1 fully saturated rings. The molecule has 0 unspecified atom stereocenters. The molecular formula is C19H19FN2O2. The van der Waals surface area contributed by atoms with Crippen LogP contribution in [0.4, 0.5) is 4.39 Å². The van der Waals surface area contributed by atoms with Crippen molar-refractivity contribution < 1.29 is 14.3 Å². The second-order valence-electron chi connectivity index (χ2n) is 6.62. The lowest BCUT2D eigenvalue weighted by atomic mass is 9.81. The van der Waals surface area contributed by atoms with E-state index in [0.717, 1.165) is 12.0 Å². The predicted octanol–water partition coefficient (Wildman–Crippen LogP) is 2.75. The molecule has 4 rings (SSSR count). The van der Waals surface area contributed by atoms with Crippen LogP contribution in [0.1, 0.15) is 48.1 Å². The van der Waals surface area contributed by atoms with Crippen molar-refractivity contribution in [3.8, 4) is 0 Å². The Morgan fingerprint density at radius 3 is 2.83 bits per heavy atom. The highest BCUT2D eigenvalue weighted by Crippen LogP contribution is 2.45. The maximum Gasteiger partial charge on any atom is 0.262 e. The Labute approximate surface area is 139 Å².